The second-order valence-electron chi connectivity index (χ2n) is 8.57. The summed E-state index contributed by atoms with van der Waals surface area (Å²) in [6.45, 7) is 2.17. The van der Waals surface area contributed by atoms with Crippen molar-refractivity contribution in [3.8, 4) is 11.5 Å². The van der Waals surface area contributed by atoms with Crippen LogP contribution in [0.25, 0.3) is 0 Å². The Kier molecular flexibility index (Phi) is 5.45. The zero-order valence-electron chi connectivity index (χ0n) is 18.3. The maximum atomic E-state index is 6.09. The van der Waals surface area contributed by atoms with Crippen LogP contribution in [0, 0.1) is 0 Å². The molecule has 1 atom stereocenters. The predicted octanol–water partition coefficient (Wildman–Crippen LogP) is 6.91. The van der Waals surface area contributed by atoms with Gasteiger partial charge in [-0.3, -0.25) is 0 Å². The quantitative estimate of drug-likeness (QED) is 0.336. The molecule has 4 aromatic carbocycles. The van der Waals surface area contributed by atoms with Gasteiger partial charge in [0.25, 0.3) is 0 Å². The summed E-state index contributed by atoms with van der Waals surface area (Å²) in [6, 6.07) is 34.2. The average molecular weight is 452 g/mol. The van der Waals surface area contributed by atoms with Gasteiger partial charge in [-0.1, -0.05) is 60.3 Å². The van der Waals surface area contributed by atoms with Crippen molar-refractivity contribution in [2.75, 3.05) is 18.2 Å². The highest BCUT2D eigenvalue weighted by molar-refractivity contribution is 7.99. The van der Waals surface area contributed by atoms with Gasteiger partial charge in [0, 0.05) is 33.5 Å². The Morgan fingerprint density at radius 1 is 0.697 bits per heavy atom. The minimum absolute atomic E-state index is 0.406. The normalized spacial score (nSPS) is 16.8. The van der Waals surface area contributed by atoms with Crippen LogP contribution in [0.1, 0.15) is 22.6 Å². The second-order valence-corrected chi connectivity index (χ2v) is 9.72. The van der Waals surface area contributed by atoms with Crippen LogP contribution in [0.3, 0.4) is 0 Å². The number of hydrogen-bond acceptors (Lipinski definition) is 4. The summed E-state index contributed by atoms with van der Waals surface area (Å²) in [4.78, 5) is 4.72. The molecule has 4 aromatic rings. The summed E-state index contributed by atoms with van der Waals surface area (Å²) in [6.07, 6.45) is 1.01. The maximum Gasteiger partial charge on any atom is 0.161 e. The molecule has 2 heterocycles. The van der Waals surface area contributed by atoms with E-state index in [-0.39, 0.29) is 0 Å². The zero-order valence-corrected chi connectivity index (χ0v) is 19.1. The molecule has 6 rings (SSSR count). The SMILES string of the molecule is c1ccc(C2COc3ccc(Sc4ccc5c(c4)CN(c4ccccc4)CO5)cc3C2)cc1. The van der Waals surface area contributed by atoms with Gasteiger partial charge in [0.15, 0.2) is 6.73 Å². The third-order valence-corrected chi connectivity index (χ3v) is 7.31. The minimum atomic E-state index is 0.406. The molecule has 33 heavy (non-hydrogen) atoms. The Hall–Kier alpha value is -3.37. The average Bonchev–Trinajstić information content (AvgIpc) is 2.89. The van der Waals surface area contributed by atoms with E-state index in [0.717, 1.165) is 31.1 Å². The summed E-state index contributed by atoms with van der Waals surface area (Å²) in [5.74, 6) is 2.41. The molecule has 2 aliphatic heterocycles. The van der Waals surface area contributed by atoms with Crippen molar-refractivity contribution in [1.82, 2.24) is 0 Å². The number of benzene rings is 4. The van der Waals surface area contributed by atoms with E-state index in [4.69, 9.17) is 9.47 Å². The summed E-state index contributed by atoms with van der Waals surface area (Å²) in [7, 11) is 0. The summed E-state index contributed by atoms with van der Waals surface area (Å²) in [5, 5.41) is 0. The van der Waals surface area contributed by atoms with Crippen LogP contribution in [0.4, 0.5) is 5.69 Å². The first-order chi connectivity index (χ1) is 16.3. The number of fused-ring (bicyclic) bond motifs is 2. The molecular formula is C29H25NO2S. The number of hydrogen-bond donors (Lipinski definition) is 0. The van der Waals surface area contributed by atoms with E-state index in [1.807, 2.05) is 6.07 Å². The predicted molar refractivity (Wildman–Crippen MR) is 134 cm³/mol. The van der Waals surface area contributed by atoms with Crippen LogP contribution in [-0.4, -0.2) is 13.3 Å². The molecule has 0 spiro atoms. The fourth-order valence-corrected chi connectivity index (χ4v) is 5.54. The van der Waals surface area contributed by atoms with Crippen molar-refractivity contribution in [1.29, 1.82) is 0 Å². The molecule has 0 saturated heterocycles. The van der Waals surface area contributed by atoms with Gasteiger partial charge >= 0.3 is 0 Å². The fourth-order valence-electron chi connectivity index (χ4n) is 4.60. The molecule has 0 bridgehead atoms. The molecule has 0 fully saturated rings. The van der Waals surface area contributed by atoms with E-state index in [1.165, 1.54) is 32.2 Å². The Labute approximate surface area is 199 Å². The lowest BCUT2D eigenvalue weighted by molar-refractivity contribution is 0.262. The molecule has 2 aliphatic rings. The Morgan fingerprint density at radius 2 is 1.36 bits per heavy atom. The van der Waals surface area contributed by atoms with Gasteiger partial charge in [0.05, 0.1) is 6.61 Å². The standard InChI is InChI=1S/C29H25NO2S/c1-3-7-21(8-4-1)24-15-22-16-26(11-13-28(22)31-19-24)33-27-12-14-29-23(17-27)18-30(20-32-29)25-9-5-2-6-10-25/h1-14,16-17,24H,15,18-20H2. The van der Waals surface area contributed by atoms with Crippen LogP contribution in [0.5, 0.6) is 11.5 Å². The number of rotatable bonds is 4. The second kappa shape index (κ2) is 8.87. The smallest absolute Gasteiger partial charge is 0.161 e. The minimum Gasteiger partial charge on any atom is -0.493 e. The van der Waals surface area contributed by atoms with E-state index < -0.39 is 0 Å². The molecule has 3 nitrogen and oxygen atoms in total. The van der Waals surface area contributed by atoms with Crippen molar-refractivity contribution in [2.45, 2.75) is 28.7 Å². The molecule has 0 N–H and O–H groups in total. The number of nitrogens with zero attached hydrogens (tertiary/aromatic N) is 1. The zero-order chi connectivity index (χ0) is 22.0. The van der Waals surface area contributed by atoms with Gasteiger partial charge in [-0.25, -0.2) is 0 Å². The van der Waals surface area contributed by atoms with Crippen LogP contribution >= 0.6 is 11.8 Å². The van der Waals surface area contributed by atoms with Crippen molar-refractivity contribution in [3.05, 3.63) is 114 Å². The van der Waals surface area contributed by atoms with Crippen molar-refractivity contribution < 1.29 is 9.47 Å². The summed E-state index contributed by atoms with van der Waals surface area (Å²) < 4.78 is 12.1. The third kappa shape index (κ3) is 4.31. The van der Waals surface area contributed by atoms with Gasteiger partial charge in [0.1, 0.15) is 11.5 Å². The Balaban J connectivity index is 1.20. The number of para-hydroxylation sites is 1. The first-order valence-electron chi connectivity index (χ1n) is 11.4. The fraction of sp³-hybridized carbons (Fsp3) is 0.172. The summed E-state index contributed by atoms with van der Waals surface area (Å²) in [5.41, 5.74) is 5.04. The lowest BCUT2D eigenvalue weighted by atomic mass is 9.90. The molecule has 0 amide bonds. The molecule has 1 unspecified atom stereocenters. The topological polar surface area (TPSA) is 21.7 Å². The van der Waals surface area contributed by atoms with Crippen molar-refractivity contribution >= 4 is 17.4 Å². The lowest BCUT2D eigenvalue weighted by Crippen LogP contribution is -2.31. The first-order valence-corrected chi connectivity index (χ1v) is 12.2. The molecule has 4 heteroatoms. The van der Waals surface area contributed by atoms with E-state index in [2.05, 4.69) is 95.9 Å². The van der Waals surface area contributed by atoms with Gasteiger partial charge < -0.3 is 14.4 Å². The lowest BCUT2D eigenvalue weighted by Gasteiger charge is -2.31. The number of anilines is 1. The largest absolute Gasteiger partial charge is 0.493 e. The van der Waals surface area contributed by atoms with Gasteiger partial charge in [-0.05, 0) is 66.1 Å². The molecule has 0 radical (unpaired) electrons. The maximum absolute atomic E-state index is 6.09. The summed E-state index contributed by atoms with van der Waals surface area (Å²) >= 11 is 1.80. The third-order valence-electron chi connectivity index (χ3n) is 6.34. The van der Waals surface area contributed by atoms with Gasteiger partial charge in [-0.15, -0.1) is 0 Å². The molecule has 164 valence electrons. The molecule has 0 aromatic heterocycles. The Bertz CT molecular complexity index is 1160. The van der Waals surface area contributed by atoms with Crippen LogP contribution in [-0.2, 0) is 13.0 Å². The van der Waals surface area contributed by atoms with Crippen LogP contribution < -0.4 is 14.4 Å². The van der Waals surface area contributed by atoms with E-state index >= 15 is 0 Å². The molecule has 0 aliphatic carbocycles. The highest BCUT2D eigenvalue weighted by Crippen LogP contribution is 2.38. The monoisotopic (exact) mass is 451 g/mol. The Morgan fingerprint density at radius 3 is 2.12 bits per heavy atom. The number of ether oxygens (including phenoxy) is 2. The van der Waals surface area contributed by atoms with E-state index in [1.54, 1.807) is 11.8 Å². The van der Waals surface area contributed by atoms with Crippen LogP contribution in [0.2, 0.25) is 0 Å². The highest BCUT2D eigenvalue weighted by atomic mass is 32.2. The van der Waals surface area contributed by atoms with Crippen molar-refractivity contribution in [3.63, 3.8) is 0 Å². The van der Waals surface area contributed by atoms with Crippen LogP contribution in [0.15, 0.2) is 107 Å². The van der Waals surface area contributed by atoms with E-state index in [0.29, 0.717) is 12.6 Å². The van der Waals surface area contributed by atoms with E-state index in [9.17, 15) is 0 Å². The molecular weight excluding hydrogens is 426 g/mol. The van der Waals surface area contributed by atoms with Gasteiger partial charge in [-0.2, -0.15) is 0 Å². The van der Waals surface area contributed by atoms with Crippen molar-refractivity contribution in [2.24, 2.45) is 0 Å². The highest BCUT2D eigenvalue weighted by Gasteiger charge is 2.22. The van der Waals surface area contributed by atoms with Gasteiger partial charge in [0.2, 0.25) is 0 Å². The molecule has 0 saturated carbocycles. The first kappa shape index (κ1) is 20.3.